The van der Waals surface area contributed by atoms with E-state index in [2.05, 4.69) is 31.3 Å². The van der Waals surface area contributed by atoms with Crippen LogP contribution in [0.1, 0.15) is 35.9 Å². The predicted octanol–water partition coefficient (Wildman–Crippen LogP) is 2.92. The van der Waals surface area contributed by atoms with Gasteiger partial charge >= 0.3 is 0 Å². The molecule has 18 heavy (non-hydrogen) atoms. The van der Waals surface area contributed by atoms with Crippen LogP contribution in [-0.2, 0) is 16.0 Å². The van der Waals surface area contributed by atoms with E-state index >= 15 is 0 Å². The van der Waals surface area contributed by atoms with Gasteiger partial charge in [0.2, 0.25) is 5.91 Å². The molecule has 1 atom stereocenters. The average Bonchev–Trinajstić information content (AvgIpc) is 2.70. The number of hydrogen-bond donors (Lipinski definition) is 1. The van der Waals surface area contributed by atoms with Gasteiger partial charge in [-0.1, -0.05) is 0 Å². The molecule has 4 heteroatoms. The van der Waals surface area contributed by atoms with Crippen LogP contribution in [0.2, 0.25) is 0 Å². The molecule has 0 unspecified atom stereocenters. The minimum Gasteiger partial charge on any atom is -0.385 e. The van der Waals surface area contributed by atoms with Gasteiger partial charge in [-0.25, -0.2) is 0 Å². The van der Waals surface area contributed by atoms with E-state index in [1.807, 2.05) is 0 Å². The van der Waals surface area contributed by atoms with E-state index in [1.54, 1.807) is 18.4 Å². The summed E-state index contributed by atoms with van der Waals surface area (Å²) in [6.07, 6.45) is 3.35. The van der Waals surface area contributed by atoms with Crippen LogP contribution in [0.3, 0.4) is 0 Å². The first-order valence-electron chi connectivity index (χ1n) is 6.45. The minimum atomic E-state index is 0.145. The predicted molar refractivity (Wildman–Crippen MR) is 76.1 cm³/mol. The fraction of sp³-hybridized carbons (Fsp3) is 0.643. The normalized spacial score (nSPS) is 12.4. The lowest BCUT2D eigenvalue weighted by Gasteiger charge is -2.12. The summed E-state index contributed by atoms with van der Waals surface area (Å²) in [5.74, 6) is 0.145. The van der Waals surface area contributed by atoms with Crippen LogP contribution in [0.4, 0.5) is 0 Å². The van der Waals surface area contributed by atoms with Crippen molar-refractivity contribution in [3.63, 3.8) is 0 Å². The summed E-state index contributed by atoms with van der Waals surface area (Å²) in [7, 11) is 1.69. The number of aryl methyl sites for hydroxylation is 1. The highest BCUT2D eigenvalue weighted by atomic mass is 32.1. The molecule has 1 aromatic rings. The zero-order valence-corrected chi connectivity index (χ0v) is 12.3. The lowest BCUT2D eigenvalue weighted by Crippen LogP contribution is -2.33. The third-order valence-corrected chi connectivity index (χ3v) is 3.74. The van der Waals surface area contributed by atoms with Gasteiger partial charge < -0.3 is 10.1 Å². The molecule has 1 rings (SSSR count). The molecule has 1 heterocycles. The summed E-state index contributed by atoms with van der Waals surface area (Å²) in [4.78, 5) is 14.3. The highest BCUT2D eigenvalue weighted by Crippen LogP contribution is 2.16. The summed E-state index contributed by atoms with van der Waals surface area (Å²) in [5.41, 5.74) is 0. The average molecular weight is 269 g/mol. The van der Waals surface area contributed by atoms with Crippen LogP contribution in [-0.4, -0.2) is 25.7 Å². The highest BCUT2D eigenvalue weighted by Gasteiger charge is 2.08. The Labute approximate surface area is 114 Å². The van der Waals surface area contributed by atoms with Crippen molar-refractivity contribution in [2.24, 2.45) is 0 Å². The van der Waals surface area contributed by atoms with Crippen molar-refractivity contribution in [3.05, 3.63) is 21.9 Å². The van der Waals surface area contributed by atoms with Gasteiger partial charge in [0.05, 0.1) is 0 Å². The fourth-order valence-corrected chi connectivity index (χ4v) is 2.85. The van der Waals surface area contributed by atoms with Crippen molar-refractivity contribution in [3.8, 4) is 0 Å². The smallest absolute Gasteiger partial charge is 0.220 e. The van der Waals surface area contributed by atoms with Crippen LogP contribution in [0.15, 0.2) is 12.1 Å². The molecule has 1 N–H and O–H groups in total. The largest absolute Gasteiger partial charge is 0.385 e. The molecule has 3 nitrogen and oxygen atoms in total. The number of nitrogens with one attached hydrogen (secondary N) is 1. The maximum absolute atomic E-state index is 11.7. The Morgan fingerprint density at radius 1 is 1.44 bits per heavy atom. The van der Waals surface area contributed by atoms with E-state index in [1.165, 1.54) is 9.75 Å². The second kappa shape index (κ2) is 8.27. The molecule has 1 aromatic heterocycles. The topological polar surface area (TPSA) is 38.3 Å². The maximum Gasteiger partial charge on any atom is 0.220 e. The van der Waals surface area contributed by atoms with Crippen LogP contribution in [0.25, 0.3) is 0 Å². The molecule has 0 aliphatic heterocycles. The summed E-state index contributed by atoms with van der Waals surface area (Å²) >= 11 is 1.80. The number of hydrogen-bond acceptors (Lipinski definition) is 3. The van der Waals surface area contributed by atoms with Gasteiger partial charge in [-0.05, 0) is 38.8 Å². The first-order valence-corrected chi connectivity index (χ1v) is 7.27. The van der Waals surface area contributed by atoms with E-state index < -0.39 is 0 Å². The Morgan fingerprint density at radius 3 is 2.83 bits per heavy atom. The number of ether oxygens (including phenoxy) is 1. The standard InChI is InChI=1S/C14H23NO2S/c1-11(10-13-8-7-12(2)18-13)15-14(16)6-4-5-9-17-3/h7-8,11H,4-6,9-10H2,1-3H3,(H,15,16)/t11-/m0/s1. The number of amides is 1. The van der Waals surface area contributed by atoms with E-state index in [0.29, 0.717) is 6.42 Å². The second-order valence-corrected chi connectivity index (χ2v) is 6.01. The van der Waals surface area contributed by atoms with Gasteiger partial charge in [-0.2, -0.15) is 0 Å². The molecule has 0 aromatic carbocycles. The SMILES string of the molecule is COCCCCC(=O)N[C@@H](C)Cc1ccc(C)s1. The highest BCUT2D eigenvalue weighted by molar-refractivity contribution is 7.11. The quantitative estimate of drug-likeness (QED) is 0.737. The number of thiophene rings is 1. The third kappa shape index (κ3) is 6.17. The van der Waals surface area contributed by atoms with Crippen LogP contribution in [0.5, 0.6) is 0 Å². The Morgan fingerprint density at radius 2 is 2.22 bits per heavy atom. The fourth-order valence-electron chi connectivity index (χ4n) is 1.83. The molecule has 0 fully saturated rings. The maximum atomic E-state index is 11.7. The van der Waals surface area contributed by atoms with Crippen molar-refractivity contribution >= 4 is 17.2 Å². The summed E-state index contributed by atoms with van der Waals surface area (Å²) in [5, 5.41) is 3.04. The second-order valence-electron chi connectivity index (χ2n) is 4.63. The molecule has 0 aliphatic carbocycles. The Hall–Kier alpha value is -0.870. The minimum absolute atomic E-state index is 0.145. The van der Waals surface area contributed by atoms with Crippen LogP contribution < -0.4 is 5.32 Å². The Kier molecular flexibility index (Phi) is 6.98. The molecule has 0 spiro atoms. The molecule has 0 saturated heterocycles. The van der Waals surface area contributed by atoms with Crippen molar-refractivity contribution in [1.82, 2.24) is 5.32 Å². The van der Waals surface area contributed by atoms with E-state index in [-0.39, 0.29) is 11.9 Å². The first-order chi connectivity index (χ1) is 8.61. The van der Waals surface area contributed by atoms with E-state index in [4.69, 9.17) is 4.74 Å². The van der Waals surface area contributed by atoms with E-state index in [9.17, 15) is 4.79 Å². The Bertz CT molecular complexity index is 362. The zero-order chi connectivity index (χ0) is 13.4. The van der Waals surface area contributed by atoms with E-state index in [0.717, 1.165) is 25.9 Å². The van der Waals surface area contributed by atoms with Crippen molar-refractivity contribution in [2.75, 3.05) is 13.7 Å². The van der Waals surface area contributed by atoms with Gasteiger partial charge in [0, 0.05) is 42.4 Å². The molecular formula is C14H23NO2S. The van der Waals surface area contributed by atoms with Gasteiger partial charge in [0.15, 0.2) is 0 Å². The van der Waals surface area contributed by atoms with Gasteiger partial charge in [0.25, 0.3) is 0 Å². The molecule has 0 radical (unpaired) electrons. The van der Waals surface area contributed by atoms with Crippen molar-refractivity contribution in [2.45, 2.75) is 45.6 Å². The van der Waals surface area contributed by atoms with Crippen LogP contribution in [0, 0.1) is 6.92 Å². The summed E-state index contributed by atoms with van der Waals surface area (Å²) < 4.78 is 4.96. The first kappa shape index (κ1) is 15.2. The third-order valence-electron chi connectivity index (χ3n) is 2.71. The molecule has 0 saturated carbocycles. The molecule has 102 valence electrons. The number of unbranched alkanes of at least 4 members (excludes halogenated alkanes) is 1. The molecule has 0 aliphatic rings. The molecular weight excluding hydrogens is 246 g/mol. The number of carbonyl (C=O) groups is 1. The number of rotatable bonds is 8. The van der Waals surface area contributed by atoms with Gasteiger partial charge in [-0.15, -0.1) is 11.3 Å². The van der Waals surface area contributed by atoms with Gasteiger partial charge in [-0.3, -0.25) is 4.79 Å². The monoisotopic (exact) mass is 269 g/mol. The molecule has 0 bridgehead atoms. The van der Waals surface area contributed by atoms with Crippen LogP contribution >= 0.6 is 11.3 Å². The lowest BCUT2D eigenvalue weighted by molar-refractivity contribution is -0.121. The zero-order valence-electron chi connectivity index (χ0n) is 11.5. The summed E-state index contributed by atoms with van der Waals surface area (Å²) in [6.45, 7) is 4.90. The number of carbonyl (C=O) groups excluding carboxylic acids is 1. The Balaban J connectivity index is 2.19. The van der Waals surface area contributed by atoms with Crippen molar-refractivity contribution in [1.29, 1.82) is 0 Å². The van der Waals surface area contributed by atoms with Gasteiger partial charge in [0.1, 0.15) is 0 Å². The lowest BCUT2D eigenvalue weighted by atomic mass is 10.2. The summed E-state index contributed by atoms with van der Waals surface area (Å²) in [6, 6.07) is 4.47. The number of methoxy groups -OCH3 is 1. The van der Waals surface area contributed by atoms with Crippen molar-refractivity contribution < 1.29 is 9.53 Å². The molecule has 1 amide bonds.